The predicted octanol–water partition coefficient (Wildman–Crippen LogP) is 3.63. The van der Waals surface area contributed by atoms with Gasteiger partial charge in [-0.05, 0) is 30.0 Å². The summed E-state index contributed by atoms with van der Waals surface area (Å²) < 4.78 is 0. The van der Waals surface area contributed by atoms with Gasteiger partial charge in [-0.3, -0.25) is 4.98 Å². The van der Waals surface area contributed by atoms with Gasteiger partial charge in [-0.25, -0.2) is 0 Å². The maximum Gasteiger partial charge on any atom is 0.0659 e. The summed E-state index contributed by atoms with van der Waals surface area (Å²) in [4.78, 5) is 4.54. The van der Waals surface area contributed by atoms with Gasteiger partial charge in [-0.1, -0.05) is 33.4 Å². The summed E-state index contributed by atoms with van der Waals surface area (Å²) in [7, 11) is 0. The molecule has 0 amide bonds. The molecule has 0 aliphatic heterocycles. The summed E-state index contributed by atoms with van der Waals surface area (Å²) in [6.45, 7) is 10.4. The summed E-state index contributed by atoms with van der Waals surface area (Å²) in [6, 6.07) is 6.15. The normalized spacial score (nSPS) is 10.5. The van der Waals surface area contributed by atoms with E-state index in [0.717, 1.165) is 23.4 Å². The summed E-state index contributed by atoms with van der Waals surface area (Å²) in [5.41, 5.74) is 3.29. The van der Waals surface area contributed by atoms with E-state index < -0.39 is 0 Å². The molecule has 13 heavy (non-hydrogen) atoms. The minimum atomic E-state index is 0.490. The number of hydrogen-bond donors (Lipinski definition) is 0. The summed E-state index contributed by atoms with van der Waals surface area (Å²) in [5.74, 6) is 0.490. The highest BCUT2D eigenvalue weighted by Gasteiger charge is 2.02. The third kappa shape index (κ3) is 2.41. The van der Waals surface area contributed by atoms with Crippen LogP contribution in [0.1, 0.15) is 44.5 Å². The SMILES string of the molecule is C=C(CC)c1cccc(C(C)C)n1. The van der Waals surface area contributed by atoms with Crippen molar-refractivity contribution in [2.45, 2.75) is 33.1 Å². The van der Waals surface area contributed by atoms with Crippen molar-refractivity contribution in [2.24, 2.45) is 0 Å². The minimum Gasteiger partial charge on any atom is -0.253 e. The predicted molar refractivity (Wildman–Crippen MR) is 57.7 cm³/mol. The molecule has 0 N–H and O–H groups in total. The Labute approximate surface area is 80.5 Å². The third-order valence-electron chi connectivity index (χ3n) is 2.15. The van der Waals surface area contributed by atoms with Crippen molar-refractivity contribution >= 4 is 5.57 Å². The van der Waals surface area contributed by atoms with Crippen LogP contribution in [0.5, 0.6) is 0 Å². The van der Waals surface area contributed by atoms with Crippen LogP contribution in [0.25, 0.3) is 5.57 Å². The van der Waals surface area contributed by atoms with E-state index in [4.69, 9.17) is 0 Å². The molecule has 1 nitrogen and oxygen atoms in total. The smallest absolute Gasteiger partial charge is 0.0659 e. The van der Waals surface area contributed by atoms with Gasteiger partial charge in [-0.15, -0.1) is 0 Å². The Morgan fingerprint density at radius 2 is 2.15 bits per heavy atom. The van der Waals surface area contributed by atoms with Gasteiger partial charge in [0.25, 0.3) is 0 Å². The van der Waals surface area contributed by atoms with Crippen LogP contribution in [0.2, 0.25) is 0 Å². The fourth-order valence-electron chi connectivity index (χ4n) is 1.15. The number of aromatic nitrogens is 1. The van der Waals surface area contributed by atoms with Crippen LogP contribution >= 0.6 is 0 Å². The highest BCUT2D eigenvalue weighted by molar-refractivity contribution is 5.59. The van der Waals surface area contributed by atoms with Crippen LogP contribution in [0.15, 0.2) is 24.8 Å². The van der Waals surface area contributed by atoms with Crippen molar-refractivity contribution in [2.75, 3.05) is 0 Å². The van der Waals surface area contributed by atoms with Gasteiger partial charge in [0.15, 0.2) is 0 Å². The maximum atomic E-state index is 4.54. The quantitative estimate of drug-likeness (QED) is 0.683. The zero-order chi connectivity index (χ0) is 9.84. The van der Waals surface area contributed by atoms with Crippen molar-refractivity contribution in [3.8, 4) is 0 Å². The average Bonchev–Trinajstić information content (AvgIpc) is 2.17. The number of hydrogen-bond acceptors (Lipinski definition) is 1. The molecule has 0 spiro atoms. The van der Waals surface area contributed by atoms with Gasteiger partial charge in [0.2, 0.25) is 0 Å². The topological polar surface area (TPSA) is 12.9 Å². The highest BCUT2D eigenvalue weighted by atomic mass is 14.7. The average molecular weight is 175 g/mol. The molecule has 0 bridgehead atoms. The van der Waals surface area contributed by atoms with Gasteiger partial charge in [0.05, 0.1) is 5.69 Å². The number of pyridine rings is 1. The lowest BCUT2D eigenvalue weighted by Gasteiger charge is -2.07. The largest absolute Gasteiger partial charge is 0.253 e. The molecule has 0 radical (unpaired) electrons. The Hall–Kier alpha value is -1.11. The molecule has 1 heteroatoms. The zero-order valence-corrected chi connectivity index (χ0v) is 8.67. The van der Waals surface area contributed by atoms with Gasteiger partial charge in [-0.2, -0.15) is 0 Å². The van der Waals surface area contributed by atoms with Crippen LogP contribution in [-0.4, -0.2) is 4.98 Å². The molecule has 0 saturated carbocycles. The first-order valence-corrected chi connectivity index (χ1v) is 4.80. The van der Waals surface area contributed by atoms with Crippen molar-refractivity contribution < 1.29 is 0 Å². The molecule has 0 aliphatic carbocycles. The van der Waals surface area contributed by atoms with E-state index in [1.54, 1.807) is 0 Å². The first-order valence-electron chi connectivity index (χ1n) is 4.80. The fourth-order valence-corrected chi connectivity index (χ4v) is 1.15. The second-order valence-corrected chi connectivity index (χ2v) is 3.56. The molecule has 0 aromatic carbocycles. The molecule has 1 heterocycles. The van der Waals surface area contributed by atoms with Crippen LogP contribution in [-0.2, 0) is 0 Å². The minimum absolute atomic E-state index is 0.490. The van der Waals surface area contributed by atoms with Gasteiger partial charge >= 0.3 is 0 Å². The first kappa shape index (κ1) is 9.97. The Morgan fingerprint density at radius 3 is 2.69 bits per heavy atom. The molecule has 0 fully saturated rings. The van der Waals surface area contributed by atoms with E-state index in [1.165, 1.54) is 0 Å². The Morgan fingerprint density at radius 1 is 1.46 bits per heavy atom. The molecular formula is C12H17N. The van der Waals surface area contributed by atoms with E-state index in [9.17, 15) is 0 Å². The molecule has 0 atom stereocenters. The van der Waals surface area contributed by atoms with Crippen molar-refractivity contribution in [3.63, 3.8) is 0 Å². The van der Waals surface area contributed by atoms with E-state index >= 15 is 0 Å². The standard InChI is InChI=1S/C12H17N/c1-5-10(4)12-8-6-7-11(13-12)9(2)3/h6-9H,4-5H2,1-3H3. The lowest BCUT2D eigenvalue weighted by molar-refractivity contribution is 0.819. The summed E-state index contributed by atoms with van der Waals surface area (Å²) in [6.07, 6.45) is 0.967. The Balaban J connectivity index is 2.98. The van der Waals surface area contributed by atoms with E-state index in [0.29, 0.717) is 5.92 Å². The lowest BCUT2D eigenvalue weighted by Crippen LogP contribution is -1.95. The zero-order valence-electron chi connectivity index (χ0n) is 8.67. The third-order valence-corrected chi connectivity index (χ3v) is 2.15. The second-order valence-electron chi connectivity index (χ2n) is 3.56. The lowest BCUT2D eigenvalue weighted by atomic mass is 10.1. The van der Waals surface area contributed by atoms with Crippen molar-refractivity contribution in [1.29, 1.82) is 0 Å². The summed E-state index contributed by atoms with van der Waals surface area (Å²) >= 11 is 0. The Kier molecular flexibility index (Phi) is 3.24. The molecule has 1 aromatic rings. The molecule has 0 aliphatic rings. The van der Waals surface area contributed by atoms with Crippen LogP contribution < -0.4 is 0 Å². The Bertz CT molecular complexity index is 300. The summed E-state index contributed by atoms with van der Waals surface area (Å²) in [5, 5.41) is 0. The van der Waals surface area contributed by atoms with E-state index in [1.807, 2.05) is 6.07 Å². The number of nitrogens with zero attached hydrogens (tertiary/aromatic N) is 1. The molecule has 0 unspecified atom stereocenters. The van der Waals surface area contributed by atoms with E-state index in [2.05, 4.69) is 44.5 Å². The van der Waals surface area contributed by atoms with Crippen molar-refractivity contribution in [1.82, 2.24) is 4.98 Å². The fraction of sp³-hybridized carbons (Fsp3) is 0.417. The van der Waals surface area contributed by atoms with Gasteiger partial charge < -0.3 is 0 Å². The number of rotatable bonds is 3. The second kappa shape index (κ2) is 4.22. The van der Waals surface area contributed by atoms with Gasteiger partial charge in [0.1, 0.15) is 0 Å². The van der Waals surface area contributed by atoms with Crippen LogP contribution in [0, 0.1) is 0 Å². The highest BCUT2D eigenvalue weighted by Crippen LogP contribution is 2.17. The monoisotopic (exact) mass is 175 g/mol. The van der Waals surface area contributed by atoms with Crippen LogP contribution in [0.4, 0.5) is 0 Å². The first-order chi connectivity index (χ1) is 6.15. The van der Waals surface area contributed by atoms with Gasteiger partial charge in [0, 0.05) is 5.69 Å². The molecule has 1 rings (SSSR count). The molecule has 1 aromatic heterocycles. The van der Waals surface area contributed by atoms with Crippen molar-refractivity contribution in [3.05, 3.63) is 36.2 Å². The molecule has 70 valence electrons. The van der Waals surface area contributed by atoms with E-state index in [-0.39, 0.29) is 0 Å². The van der Waals surface area contributed by atoms with Crippen LogP contribution in [0.3, 0.4) is 0 Å². The molecule has 0 saturated heterocycles. The molecular weight excluding hydrogens is 158 g/mol. The maximum absolute atomic E-state index is 4.54. The number of allylic oxidation sites excluding steroid dienone is 1.